The van der Waals surface area contributed by atoms with Gasteiger partial charge in [-0.1, -0.05) is 23.2 Å². The molecule has 176 valence electrons. The molecule has 0 bridgehead atoms. The summed E-state index contributed by atoms with van der Waals surface area (Å²) in [5.74, 6) is -0.0192. The first-order valence-electron chi connectivity index (χ1n) is 9.57. The standard InChI is InChI=1S/C22H15Cl2F3N4O3/c1-33-17-6-3-11(7-18(17)34-2)16-9-19(22(25,26)27)31-20(30-16)13(10-28-31)21(32)29-12-4-5-14(23)15(24)8-12/h3-10H,1-2H3,(H,29,32). The number of anilines is 1. The van der Waals surface area contributed by atoms with E-state index in [1.165, 1.54) is 44.6 Å². The van der Waals surface area contributed by atoms with Crippen molar-refractivity contribution in [1.29, 1.82) is 0 Å². The lowest BCUT2D eigenvalue weighted by molar-refractivity contribution is -0.142. The van der Waals surface area contributed by atoms with Gasteiger partial charge < -0.3 is 14.8 Å². The van der Waals surface area contributed by atoms with Gasteiger partial charge in [0.1, 0.15) is 5.56 Å². The summed E-state index contributed by atoms with van der Waals surface area (Å²) >= 11 is 11.8. The summed E-state index contributed by atoms with van der Waals surface area (Å²) in [6.45, 7) is 0. The van der Waals surface area contributed by atoms with Gasteiger partial charge in [0.05, 0.1) is 36.2 Å². The molecule has 2 aromatic heterocycles. The molecule has 0 radical (unpaired) electrons. The number of nitrogens with zero attached hydrogens (tertiary/aromatic N) is 3. The van der Waals surface area contributed by atoms with Crippen LogP contribution in [0.1, 0.15) is 16.1 Å². The summed E-state index contributed by atoms with van der Waals surface area (Å²) in [6, 6.07) is 9.81. The number of carbonyl (C=O) groups is 1. The lowest BCUT2D eigenvalue weighted by Crippen LogP contribution is -2.15. The van der Waals surface area contributed by atoms with Crippen LogP contribution in [0.4, 0.5) is 18.9 Å². The van der Waals surface area contributed by atoms with Crippen molar-refractivity contribution in [2.45, 2.75) is 6.18 Å². The van der Waals surface area contributed by atoms with Gasteiger partial charge in [-0.05, 0) is 42.5 Å². The number of fused-ring (bicyclic) bond motifs is 1. The molecular formula is C22H15Cl2F3N4O3. The molecule has 0 atom stereocenters. The van der Waals surface area contributed by atoms with Crippen LogP contribution in [0.5, 0.6) is 11.5 Å². The number of aromatic nitrogens is 3. The van der Waals surface area contributed by atoms with E-state index in [4.69, 9.17) is 32.7 Å². The number of hydrogen-bond donors (Lipinski definition) is 1. The maximum Gasteiger partial charge on any atom is 0.433 e. The summed E-state index contributed by atoms with van der Waals surface area (Å²) in [4.78, 5) is 17.2. The van der Waals surface area contributed by atoms with Crippen molar-refractivity contribution in [2.24, 2.45) is 0 Å². The first-order chi connectivity index (χ1) is 16.1. The maximum atomic E-state index is 13.9. The number of amides is 1. The second kappa shape index (κ2) is 9.03. The molecule has 1 N–H and O–H groups in total. The SMILES string of the molecule is COc1ccc(-c2cc(C(F)(F)F)n3ncc(C(=O)Nc4ccc(Cl)c(Cl)c4)c3n2)cc1OC. The van der Waals surface area contributed by atoms with Crippen molar-refractivity contribution in [3.63, 3.8) is 0 Å². The fourth-order valence-corrected chi connectivity index (χ4v) is 3.54. The number of benzene rings is 2. The Labute approximate surface area is 201 Å². The van der Waals surface area contributed by atoms with Gasteiger partial charge in [0, 0.05) is 11.3 Å². The van der Waals surface area contributed by atoms with Crippen LogP contribution in [0.2, 0.25) is 10.0 Å². The van der Waals surface area contributed by atoms with Gasteiger partial charge in [-0.25, -0.2) is 9.50 Å². The summed E-state index contributed by atoms with van der Waals surface area (Å²) < 4.78 is 52.6. The minimum atomic E-state index is -4.77. The molecule has 2 aromatic carbocycles. The quantitative estimate of drug-likeness (QED) is 0.356. The van der Waals surface area contributed by atoms with Crippen LogP contribution in [0, 0.1) is 0 Å². The molecule has 0 saturated heterocycles. The van der Waals surface area contributed by atoms with Gasteiger partial charge in [-0.3, -0.25) is 4.79 Å². The van der Waals surface area contributed by atoms with E-state index in [2.05, 4.69) is 15.4 Å². The molecule has 12 heteroatoms. The predicted octanol–water partition coefficient (Wildman–Crippen LogP) is 5.99. The molecule has 4 rings (SSSR count). The molecule has 4 aromatic rings. The second-order valence-electron chi connectivity index (χ2n) is 6.97. The average molecular weight is 511 g/mol. The van der Waals surface area contributed by atoms with Gasteiger partial charge in [0.25, 0.3) is 5.91 Å². The van der Waals surface area contributed by atoms with Gasteiger partial charge in [0.2, 0.25) is 0 Å². The van der Waals surface area contributed by atoms with Crippen LogP contribution in [-0.4, -0.2) is 34.7 Å². The van der Waals surface area contributed by atoms with E-state index in [0.29, 0.717) is 27.3 Å². The number of rotatable bonds is 5. The highest BCUT2D eigenvalue weighted by Crippen LogP contribution is 2.36. The molecule has 1 amide bonds. The van der Waals surface area contributed by atoms with Gasteiger partial charge >= 0.3 is 6.18 Å². The number of halogens is 5. The van der Waals surface area contributed by atoms with Crippen molar-refractivity contribution in [1.82, 2.24) is 14.6 Å². The number of carbonyl (C=O) groups excluding carboxylic acids is 1. The average Bonchev–Trinajstić information content (AvgIpc) is 3.23. The largest absolute Gasteiger partial charge is 0.493 e. The van der Waals surface area contributed by atoms with Gasteiger partial charge in [-0.2, -0.15) is 18.3 Å². The fraction of sp³-hybridized carbons (Fsp3) is 0.136. The van der Waals surface area contributed by atoms with Crippen LogP contribution >= 0.6 is 23.2 Å². The first kappa shape index (κ1) is 23.7. The van der Waals surface area contributed by atoms with Crippen LogP contribution in [0.3, 0.4) is 0 Å². The Bertz CT molecular complexity index is 1410. The molecule has 0 aliphatic carbocycles. The van der Waals surface area contributed by atoms with Crippen LogP contribution < -0.4 is 14.8 Å². The fourth-order valence-electron chi connectivity index (χ4n) is 3.24. The Hall–Kier alpha value is -3.50. The highest BCUT2D eigenvalue weighted by Gasteiger charge is 2.36. The molecule has 0 unspecified atom stereocenters. The third kappa shape index (κ3) is 4.46. The van der Waals surface area contributed by atoms with Crippen molar-refractivity contribution in [3.05, 3.63) is 70.0 Å². The monoisotopic (exact) mass is 510 g/mol. The highest BCUT2D eigenvalue weighted by atomic mass is 35.5. The van der Waals surface area contributed by atoms with E-state index in [1.54, 1.807) is 6.07 Å². The minimum absolute atomic E-state index is 0.0372. The molecule has 7 nitrogen and oxygen atoms in total. The number of nitrogens with one attached hydrogen (secondary N) is 1. The lowest BCUT2D eigenvalue weighted by Gasteiger charge is -2.13. The van der Waals surface area contributed by atoms with Crippen molar-refractivity contribution >= 4 is 40.4 Å². The highest BCUT2D eigenvalue weighted by molar-refractivity contribution is 6.42. The third-order valence-corrected chi connectivity index (χ3v) is 5.60. The Morgan fingerprint density at radius 2 is 1.74 bits per heavy atom. The zero-order chi connectivity index (χ0) is 24.6. The van der Waals surface area contributed by atoms with E-state index in [-0.39, 0.29) is 26.9 Å². The number of alkyl halides is 3. The Kier molecular flexibility index (Phi) is 6.28. The normalized spacial score (nSPS) is 11.5. The van der Waals surface area contributed by atoms with Gasteiger partial charge in [0.15, 0.2) is 22.8 Å². The summed E-state index contributed by atoms with van der Waals surface area (Å²) in [5.41, 5.74) is -0.967. The zero-order valence-corrected chi connectivity index (χ0v) is 19.1. The Morgan fingerprint density at radius 3 is 2.38 bits per heavy atom. The van der Waals surface area contributed by atoms with E-state index >= 15 is 0 Å². The molecule has 0 saturated carbocycles. The predicted molar refractivity (Wildman–Crippen MR) is 121 cm³/mol. The molecular weight excluding hydrogens is 496 g/mol. The number of hydrogen-bond acceptors (Lipinski definition) is 5. The van der Waals surface area contributed by atoms with Crippen molar-refractivity contribution < 1.29 is 27.4 Å². The van der Waals surface area contributed by atoms with E-state index < -0.39 is 17.8 Å². The summed E-state index contributed by atoms with van der Waals surface area (Å²) in [5, 5.41) is 6.80. The first-order valence-corrected chi connectivity index (χ1v) is 10.3. The van der Waals surface area contributed by atoms with Gasteiger partial charge in [-0.15, -0.1) is 0 Å². The zero-order valence-electron chi connectivity index (χ0n) is 17.6. The number of ether oxygens (including phenoxy) is 2. The van der Waals surface area contributed by atoms with Crippen LogP contribution in [0.25, 0.3) is 16.9 Å². The van der Waals surface area contributed by atoms with E-state index in [1.807, 2.05) is 0 Å². The second-order valence-corrected chi connectivity index (χ2v) is 7.79. The maximum absolute atomic E-state index is 13.9. The summed E-state index contributed by atoms with van der Waals surface area (Å²) in [6.07, 6.45) is -3.75. The van der Waals surface area contributed by atoms with E-state index in [9.17, 15) is 18.0 Å². The van der Waals surface area contributed by atoms with Crippen molar-refractivity contribution in [3.8, 4) is 22.8 Å². The molecule has 0 aliphatic heterocycles. The number of methoxy groups -OCH3 is 2. The molecule has 0 fully saturated rings. The molecule has 34 heavy (non-hydrogen) atoms. The van der Waals surface area contributed by atoms with Crippen molar-refractivity contribution in [2.75, 3.05) is 19.5 Å². The molecule has 0 spiro atoms. The molecule has 2 heterocycles. The third-order valence-electron chi connectivity index (χ3n) is 4.86. The topological polar surface area (TPSA) is 77.8 Å². The minimum Gasteiger partial charge on any atom is -0.493 e. The van der Waals surface area contributed by atoms with Crippen LogP contribution in [-0.2, 0) is 6.18 Å². The smallest absolute Gasteiger partial charge is 0.433 e. The summed E-state index contributed by atoms with van der Waals surface area (Å²) in [7, 11) is 2.84. The van der Waals surface area contributed by atoms with E-state index in [0.717, 1.165) is 12.3 Å². The molecule has 0 aliphatic rings. The lowest BCUT2D eigenvalue weighted by atomic mass is 10.1. The Morgan fingerprint density at radius 1 is 1.00 bits per heavy atom. The van der Waals surface area contributed by atoms with Crippen LogP contribution in [0.15, 0.2) is 48.7 Å². The Balaban J connectivity index is 1.84.